The van der Waals surface area contributed by atoms with E-state index in [2.05, 4.69) is 0 Å². The van der Waals surface area contributed by atoms with Crippen LogP contribution in [-0.2, 0) is 4.74 Å². The maximum absolute atomic E-state index is 10.3. The Morgan fingerprint density at radius 1 is 1.50 bits per heavy atom. The molecule has 0 rings (SSSR count). The number of hydrogen-bond acceptors (Lipinski definition) is 2. The van der Waals surface area contributed by atoms with Crippen molar-refractivity contribution in [2.45, 2.75) is 26.4 Å². The van der Waals surface area contributed by atoms with Gasteiger partial charge in [0.25, 0.3) is 0 Å². The molecule has 0 aromatic carbocycles. The van der Waals surface area contributed by atoms with Crippen molar-refractivity contribution in [2.24, 2.45) is 0 Å². The van der Waals surface area contributed by atoms with E-state index in [9.17, 15) is 4.79 Å². The van der Waals surface area contributed by atoms with Gasteiger partial charge in [-0.1, -0.05) is 0 Å². The van der Waals surface area contributed by atoms with Crippen LogP contribution in [-0.4, -0.2) is 34.9 Å². The van der Waals surface area contributed by atoms with Gasteiger partial charge in [0.05, 0.1) is 0 Å². The normalized spacial score (nSPS) is 11.0. The van der Waals surface area contributed by atoms with Gasteiger partial charge in [0.1, 0.15) is 0 Å². The van der Waals surface area contributed by atoms with Crippen molar-refractivity contribution in [1.29, 1.82) is 0 Å². The van der Waals surface area contributed by atoms with Crippen molar-refractivity contribution in [2.75, 3.05) is 0 Å². The fourth-order valence-electron chi connectivity index (χ4n) is 0.278. The van der Waals surface area contributed by atoms with Crippen molar-refractivity contribution < 1.29 is 9.53 Å². The summed E-state index contributed by atoms with van der Waals surface area (Å²) in [6.07, 6.45) is 0. The topological polar surface area (TPSA) is 26.3 Å². The Hall–Kier alpha value is 0.392. The Balaban J connectivity index is 3.55. The van der Waals surface area contributed by atoms with Crippen molar-refractivity contribution in [3.05, 3.63) is 0 Å². The van der Waals surface area contributed by atoms with Gasteiger partial charge in [-0.05, 0) is 0 Å². The molecule has 0 amide bonds. The van der Waals surface area contributed by atoms with Gasteiger partial charge in [0.2, 0.25) is 0 Å². The fraction of sp³-hybridized carbons (Fsp3) is 0.800. The molecular weight excluding hydrogens is 299 g/mol. The van der Waals surface area contributed by atoms with Gasteiger partial charge in [0.15, 0.2) is 0 Å². The van der Waals surface area contributed by atoms with Crippen LogP contribution in [0.5, 0.6) is 0 Å². The van der Waals surface area contributed by atoms with Gasteiger partial charge in [0, 0.05) is 0 Å². The molecule has 0 saturated heterocycles. The third kappa shape index (κ3) is 6.39. The molecule has 0 aliphatic rings. The molecular formula is C5H9O2Pb. The van der Waals surface area contributed by atoms with Crippen LogP contribution in [0, 0.1) is 0 Å². The first-order chi connectivity index (χ1) is 3.42. The third-order valence-corrected chi connectivity index (χ3v) is 0.796. The Bertz CT molecular complexity index is 93.1. The molecule has 0 aromatic rings. The number of ether oxygens (including phenoxy) is 1. The van der Waals surface area contributed by atoms with Crippen LogP contribution in [0.25, 0.3) is 0 Å². The zero-order valence-corrected chi connectivity index (χ0v) is 9.20. The van der Waals surface area contributed by atoms with Crippen LogP contribution in [0.3, 0.4) is 0 Å². The molecule has 0 aromatic heterocycles. The molecule has 0 spiro atoms. The van der Waals surface area contributed by atoms with Gasteiger partial charge in [-0.3, -0.25) is 0 Å². The molecule has 0 fully saturated rings. The van der Waals surface area contributed by atoms with E-state index in [-0.39, 0.29) is 9.13 Å². The predicted molar refractivity (Wildman–Crippen MR) is 32.0 cm³/mol. The molecule has 0 bridgehead atoms. The van der Waals surface area contributed by atoms with E-state index in [4.69, 9.17) is 4.74 Å². The van der Waals surface area contributed by atoms with Gasteiger partial charge in [-0.15, -0.1) is 0 Å². The van der Waals surface area contributed by atoms with Gasteiger partial charge >= 0.3 is 65.2 Å². The van der Waals surface area contributed by atoms with Gasteiger partial charge in [-0.25, -0.2) is 0 Å². The number of carbonyl (C=O) groups is 1. The minimum absolute atomic E-state index is 0.0856. The van der Waals surface area contributed by atoms with E-state index in [0.717, 1.165) is 0 Å². The first kappa shape index (κ1) is 8.39. The van der Waals surface area contributed by atoms with Crippen molar-refractivity contribution in [1.82, 2.24) is 0 Å². The van der Waals surface area contributed by atoms with Crippen LogP contribution in [0.1, 0.15) is 20.8 Å². The first-order valence-electron chi connectivity index (χ1n) is 2.36. The van der Waals surface area contributed by atoms with Gasteiger partial charge < -0.3 is 0 Å². The van der Waals surface area contributed by atoms with Crippen LogP contribution in [0.2, 0.25) is 0 Å². The van der Waals surface area contributed by atoms with E-state index in [0.29, 0.717) is 25.8 Å². The summed E-state index contributed by atoms with van der Waals surface area (Å²) in [6, 6.07) is 0. The average molecular weight is 308 g/mol. The van der Waals surface area contributed by atoms with Crippen molar-refractivity contribution in [3.63, 3.8) is 0 Å². The summed E-state index contributed by atoms with van der Waals surface area (Å²) in [6.45, 7) is 5.59. The Labute approximate surface area is 65.3 Å². The zero-order valence-electron chi connectivity index (χ0n) is 5.32. The summed E-state index contributed by atoms with van der Waals surface area (Å²) >= 11 is 0.489. The quantitative estimate of drug-likeness (QED) is 0.626. The molecule has 0 heterocycles. The molecule has 0 N–H and O–H groups in total. The number of carbonyl (C=O) groups excluding carboxylic acids is 1. The van der Waals surface area contributed by atoms with Crippen LogP contribution < -0.4 is 0 Å². The number of hydrogen-bond donors (Lipinski definition) is 0. The molecule has 0 unspecified atom stereocenters. The molecule has 3 heteroatoms. The average Bonchev–Trinajstić information content (AvgIpc) is 1.21. The van der Waals surface area contributed by atoms with E-state index >= 15 is 0 Å². The van der Waals surface area contributed by atoms with Crippen LogP contribution in [0.4, 0.5) is 4.79 Å². The molecule has 3 radical (unpaired) electrons. The van der Waals surface area contributed by atoms with E-state index in [1.54, 1.807) is 0 Å². The van der Waals surface area contributed by atoms with Crippen molar-refractivity contribution >= 4 is 29.3 Å². The van der Waals surface area contributed by atoms with E-state index in [1.807, 2.05) is 20.8 Å². The SMILES string of the molecule is CC(C)(C)O[C](=O)[Pb]. The molecule has 8 heavy (non-hydrogen) atoms. The summed E-state index contributed by atoms with van der Waals surface area (Å²) in [5, 5.41) is 0. The number of rotatable bonds is 0. The Morgan fingerprint density at radius 3 is 1.88 bits per heavy atom. The minimum atomic E-state index is -0.293. The molecule has 0 aliphatic carbocycles. The van der Waals surface area contributed by atoms with Gasteiger partial charge in [-0.2, -0.15) is 0 Å². The maximum atomic E-state index is 10.3. The standard InChI is InChI=1S/C5H9O2.Pb/c1-5(2,3)7-4-6;/h1-3H3;. The second-order valence-corrected chi connectivity index (χ2v) is 4.09. The fourth-order valence-corrected chi connectivity index (χ4v) is 1.47. The summed E-state index contributed by atoms with van der Waals surface area (Å²) < 4.78 is 4.77. The summed E-state index contributed by atoms with van der Waals surface area (Å²) in [4.78, 5) is 10.3. The molecule has 0 aliphatic heterocycles. The van der Waals surface area contributed by atoms with E-state index < -0.39 is 0 Å². The molecule has 0 atom stereocenters. The summed E-state index contributed by atoms with van der Waals surface area (Å²) in [7, 11) is 0. The first-order valence-corrected chi connectivity index (χ1v) is 4.31. The van der Waals surface area contributed by atoms with Crippen LogP contribution >= 0.6 is 0 Å². The Kier molecular flexibility index (Phi) is 2.93. The van der Waals surface area contributed by atoms with Crippen LogP contribution in [0.15, 0.2) is 0 Å². The van der Waals surface area contributed by atoms with E-state index in [1.165, 1.54) is 0 Å². The molecule has 2 nitrogen and oxygen atoms in total. The summed E-state index contributed by atoms with van der Waals surface area (Å²) in [5.41, 5.74) is -0.293. The monoisotopic (exact) mass is 309 g/mol. The zero-order chi connectivity index (χ0) is 6.78. The predicted octanol–water partition coefficient (Wildman–Crippen LogP) is 1.09. The molecule has 45 valence electrons. The van der Waals surface area contributed by atoms with Crippen molar-refractivity contribution in [3.8, 4) is 0 Å². The second kappa shape index (κ2) is 2.80. The Morgan fingerprint density at radius 2 is 1.88 bits per heavy atom. The summed E-state index contributed by atoms with van der Waals surface area (Å²) in [5.74, 6) is 0. The molecule has 0 saturated carbocycles. The second-order valence-electron chi connectivity index (χ2n) is 2.50. The third-order valence-electron chi connectivity index (χ3n) is 0.399.